The van der Waals surface area contributed by atoms with E-state index in [0.717, 1.165) is 15.9 Å². The van der Waals surface area contributed by atoms with E-state index in [2.05, 4.69) is 51.4 Å². The summed E-state index contributed by atoms with van der Waals surface area (Å²) in [6, 6.07) is 6.56. The van der Waals surface area contributed by atoms with Crippen molar-refractivity contribution in [1.82, 2.24) is 20.1 Å². The zero-order chi connectivity index (χ0) is 15.4. The molecule has 0 fully saturated rings. The van der Waals surface area contributed by atoms with Gasteiger partial charge in [-0.2, -0.15) is 0 Å². The Morgan fingerprint density at radius 2 is 2.24 bits per heavy atom. The fourth-order valence-corrected chi connectivity index (χ4v) is 3.28. The third kappa shape index (κ3) is 4.21. The van der Waals surface area contributed by atoms with E-state index in [1.807, 2.05) is 19.1 Å². The summed E-state index contributed by atoms with van der Waals surface area (Å²) < 4.78 is 2.68. The zero-order valence-electron chi connectivity index (χ0n) is 12.3. The van der Waals surface area contributed by atoms with E-state index >= 15 is 0 Å². The first-order chi connectivity index (χ1) is 10.0. The van der Waals surface area contributed by atoms with Gasteiger partial charge in [-0.3, -0.25) is 4.57 Å². The first-order valence-electron chi connectivity index (χ1n) is 6.86. The molecule has 0 aliphatic heterocycles. The smallest absolute Gasteiger partial charge is 0.310 e. The molecule has 0 amide bonds. The molecular formula is C14H19BrN4OS. The second-order valence-corrected chi connectivity index (χ2v) is 6.87. The van der Waals surface area contributed by atoms with E-state index in [1.165, 1.54) is 17.3 Å². The Balaban J connectivity index is 2.28. The number of aromatic nitrogens is 3. The van der Waals surface area contributed by atoms with Crippen LogP contribution in [0.2, 0.25) is 0 Å². The Kier molecular flexibility index (Phi) is 5.66. The van der Waals surface area contributed by atoms with Gasteiger partial charge in [0.05, 0.1) is 0 Å². The lowest BCUT2D eigenvalue weighted by Gasteiger charge is -2.12. The van der Waals surface area contributed by atoms with E-state index < -0.39 is 0 Å². The van der Waals surface area contributed by atoms with Gasteiger partial charge in [0, 0.05) is 28.5 Å². The Morgan fingerprint density at radius 3 is 2.90 bits per heavy atom. The quantitative estimate of drug-likeness (QED) is 0.820. The summed E-state index contributed by atoms with van der Waals surface area (Å²) in [5, 5.41) is 10.7. The molecule has 1 aromatic carbocycles. The van der Waals surface area contributed by atoms with Crippen molar-refractivity contribution in [2.75, 3.05) is 0 Å². The standard InChI is InChI=1S/C14H19BrN4OS/c1-4-19-13(20)17-18-14(19)21-12-6-5-11(15)7-10(12)8-16-9(2)3/h5-7,9,16H,4,8H2,1-3H3,(H,17,20). The van der Waals surface area contributed by atoms with Gasteiger partial charge in [0.25, 0.3) is 0 Å². The molecule has 21 heavy (non-hydrogen) atoms. The molecule has 5 nitrogen and oxygen atoms in total. The highest BCUT2D eigenvalue weighted by Gasteiger charge is 2.12. The highest BCUT2D eigenvalue weighted by Crippen LogP contribution is 2.30. The largest absolute Gasteiger partial charge is 0.343 e. The van der Waals surface area contributed by atoms with Crippen molar-refractivity contribution in [2.45, 2.75) is 50.0 Å². The monoisotopic (exact) mass is 370 g/mol. The molecule has 0 saturated heterocycles. The predicted octanol–water partition coefficient (Wildman–Crippen LogP) is 3.00. The van der Waals surface area contributed by atoms with Gasteiger partial charge < -0.3 is 5.32 Å². The van der Waals surface area contributed by atoms with Gasteiger partial charge in [0.1, 0.15) is 0 Å². The third-order valence-electron chi connectivity index (χ3n) is 2.96. The zero-order valence-corrected chi connectivity index (χ0v) is 14.7. The molecule has 1 heterocycles. The van der Waals surface area contributed by atoms with E-state index in [9.17, 15) is 4.79 Å². The van der Waals surface area contributed by atoms with E-state index in [4.69, 9.17) is 0 Å². The van der Waals surface area contributed by atoms with Crippen molar-refractivity contribution in [3.05, 3.63) is 38.7 Å². The summed E-state index contributed by atoms with van der Waals surface area (Å²) in [5.74, 6) is 0. The minimum atomic E-state index is -0.168. The van der Waals surface area contributed by atoms with Gasteiger partial charge in [-0.1, -0.05) is 29.8 Å². The van der Waals surface area contributed by atoms with Crippen LogP contribution in [-0.2, 0) is 13.1 Å². The number of aromatic amines is 1. The van der Waals surface area contributed by atoms with Crippen molar-refractivity contribution in [3.63, 3.8) is 0 Å². The fraction of sp³-hybridized carbons (Fsp3) is 0.429. The van der Waals surface area contributed by atoms with Crippen molar-refractivity contribution in [1.29, 1.82) is 0 Å². The lowest BCUT2D eigenvalue weighted by molar-refractivity contribution is 0.584. The lowest BCUT2D eigenvalue weighted by Crippen LogP contribution is -2.22. The van der Waals surface area contributed by atoms with Crippen LogP contribution in [0.3, 0.4) is 0 Å². The van der Waals surface area contributed by atoms with E-state index in [0.29, 0.717) is 17.7 Å². The molecule has 0 atom stereocenters. The minimum absolute atomic E-state index is 0.168. The van der Waals surface area contributed by atoms with Crippen LogP contribution in [-0.4, -0.2) is 20.8 Å². The number of hydrogen-bond donors (Lipinski definition) is 2. The summed E-state index contributed by atoms with van der Waals surface area (Å²) in [4.78, 5) is 12.7. The summed E-state index contributed by atoms with van der Waals surface area (Å²) >= 11 is 5.01. The number of benzene rings is 1. The summed E-state index contributed by atoms with van der Waals surface area (Å²) in [6.07, 6.45) is 0. The van der Waals surface area contributed by atoms with Crippen LogP contribution in [0.25, 0.3) is 0 Å². The molecule has 0 spiro atoms. The molecule has 0 aliphatic carbocycles. The molecule has 0 aliphatic rings. The first-order valence-corrected chi connectivity index (χ1v) is 8.47. The molecule has 7 heteroatoms. The van der Waals surface area contributed by atoms with Crippen LogP contribution < -0.4 is 11.0 Å². The van der Waals surface area contributed by atoms with E-state index in [-0.39, 0.29) is 5.69 Å². The highest BCUT2D eigenvalue weighted by atomic mass is 79.9. The van der Waals surface area contributed by atoms with Crippen LogP contribution in [0.1, 0.15) is 26.3 Å². The topological polar surface area (TPSA) is 62.7 Å². The Morgan fingerprint density at radius 1 is 1.48 bits per heavy atom. The van der Waals surface area contributed by atoms with Crippen LogP contribution >= 0.6 is 27.7 Å². The number of nitrogens with zero attached hydrogens (tertiary/aromatic N) is 2. The maximum absolute atomic E-state index is 11.6. The normalized spacial score (nSPS) is 11.3. The fourth-order valence-electron chi connectivity index (χ4n) is 1.86. The molecule has 0 bridgehead atoms. The highest BCUT2D eigenvalue weighted by molar-refractivity contribution is 9.10. The third-order valence-corrected chi connectivity index (χ3v) is 4.57. The number of halogens is 1. The average Bonchev–Trinajstić information content (AvgIpc) is 2.79. The van der Waals surface area contributed by atoms with Crippen molar-refractivity contribution in [2.24, 2.45) is 0 Å². The Bertz CT molecular complexity index is 665. The maximum Gasteiger partial charge on any atom is 0.343 e. The number of H-pyrrole nitrogens is 1. The average molecular weight is 371 g/mol. The molecule has 2 aromatic rings. The van der Waals surface area contributed by atoms with Crippen LogP contribution in [0.15, 0.2) is 37.5 Å². The van der Waals surface area contributed by atoms with Gasteiger partial charge >= 0.3 is 5.69 Å². The lowest BCUT2D eigenvalue weighted by atomic mass is 10.2. The molecule has 2 N–H and O–H groups in total. The van der Waals surface area contributed by atoms with Gasteiger partial charge in [0.2, 0.25) is 0 Å². The van der Waals surface area contributed by atoms with Crippen molar-refractivity contribution < 1.29 is 0 Å². The van der Waals surface area contributed by atoms with Crippen LogP contribution in [0.5, 0.6) is 0 Å². The van der Waals surface area contributed by atoms with Crippen molar-refractivity contribution >= 4 is 27.7 Å². The number of nitrogens with one attached hydrogen (secondary N) is 2. The van der Waals surface area contributed by atoms with Crippen LogP contribution in [0.4, 0.5) is 0 Å². The van der Waals surface area contributed by atoms with Gasteiger partial charge in [-0.15, -0.1) is 5.10 Å². The molecule has 0 radical (unpaired) electrons. The van der Waals surface area contributed by atoms with Gasteiger partial charge in [-0.25, -0.2) is 9.89 Å². The van der Waals surface area contributed by atoms with Gasteiger partial charge in [0.15, 0.2) is 5.16 Å². The number of rotatable bonds is 6. The molecule has 114 valence electrons. The Hall–Kier alpha value is -1.05. The second kappa shape index (κ2) is 7.29. The predicted molar refractivity (Wildman–Crippen MR) is 88.8 cm³/mol. The van der Waals surface area contributed by atoms with E-state index in [1.54, 1.807) is 4.57 Å². The first kappa shape index (κ1) is 16.3. The minimum Gasteiger partial charge on any atom is -0.310 e. The summed E-state index contributed by atoms with van der Waals surface area (Å²) in [7, 11) is 0. The van der Waals surface area contributed by atoms with Crippen LogP contribution in [0, 0.1) is 0 Å². The SMILES string of the molecule is CCn1c(Sc2ccc(Br)cc2CNC(C)C)n[nH]c1=O. The van der Waals surface area contributed by atoms with Gasteiger partial charge in [-0.05, 0) is 42.4 Å². The Labute approximate surface area is 136 Å². The molecule has 2 rings (SSSR count). The maximum atomic E-state index is 11.6. The molecular weight excluding hydrogens is 352 g/mol. The number of hydrogen-bond acceptors (Lipinski definition) is 4. The molecule has 0 unspecified atom stereocenters. The molecule has 1 aromatic heterocycles. The summed E-state index contributed by atoms with van der Waals surface area (Å²) in [6.45, 7) is 7.55. The summed E-state index contributed by atoms with van der Waals surface area (Å²) in [5.41, 5.74) is 1.01. The second-order valence-electron chi connectivity index (χ2n) is 4.95. The van der Waals surface area contributed by atoms with Crippen molar-refractivity contribution in [3.8, 4) is 0 Å². The molecule has 0 saturated carbocycles.